The van der Waals surface area contributed by atoms with Gasteiger partial charge in [0.05, 0.1) is 20.8 Å². The summed E-state index contributed by atoms with van der Waals surface area (Å²) in [4.78, 5) is 26.3. The van der Waals surface area contributed by atoms with Crippen LogP contribution in [0.15, 0.2) is 12.1 Å². The first kappa shape index (κ1) is 19.3. The molecule has 3 rings (SSSR count). The van der Waals surface area contributed by atoms with Crippen molar-refractivity contribution >= 4 is 11.9 Å². The predicted molar refractivity (Wildman–Crippen MR) is 102 cm³/mol. The molecule has 1 fully saturated rings. The molecule has 7 heteroatoms. The Morgan fingerprint density at radius 2 is 1.74 bits per heavy atom. The summed E-state index contributed by atoms with van der Waals surface area (Å²) in [5.74, 6) is 1.29. The van der Waals surface area contributed by atoms with Gasteiger partial charge in [-0.25, -0.2) is 4.79 Å². The molecule has 0 unspecified atom stereocenters. The number of methoxy groups -OCH3 is 2. The molecule has 1 aliphatic heterocycles. The van der Waals surface area contributed by atoms with Crippen molar-refractivity contribution in [2.24, 2.45) is 0 Å². The Hall–Kier alpha value is -2.44. The molecule has 148 valence electrons. The maximum atomic E-state index is 12.5. The van der Waals surface area contributed by atoms with Crippen molar-refractivity contribution in [2.75, 3.05) is 27.3 Å². The Morgan fingerprint density at radius 1 is 1.07 bits per heavy atom. The number of hydrogen-bond donors (Lipinski definition) is 2. The van der Waals surface area contributed by atoms with Gasteiger partial charge >= 0.3 is 6.03 Å². The quantitative estimate of drug-likeness (QED) is 0.827. The monoisotopic (exact) mass is 375 g/mol. The zero-order valence-electron chi connectivity index (χ0n) is 16.2. The van der Waals surface area contributed by atoms with E-state index in [-0.39, 0.29) is 24.5 Å². The lowest BCUT2D eigenvalue weighted by atomic mass is 9.96. The zero-order valence-corrected chi connectivity index (χ0v) is 16.2. The van der Waals surface area contributed by atoms with Gasteiger partial charge in [0.1, 0.15) is 0 Å². The Bertz CT molecular complexity index is 686. The first-order valence-electron chi connectivity index (χ1n) is 9.66. The number of nitrogens with zero attached hydrogens (tertiary/aromatic N) is 1. The van der Waals surface area contributed by atoms with Crippen LogP contribution >= 0.6 is 0 Å². The first-order valence-corrected chi connectivity index (χ1v) is 9.66. The third-order valence-corrected chi connectivity index (χ3v) is 5.41. The van der Waals surface area contributed by atoms with Gasteiger partial charge in [0.15, 0.2) is 11.5 Å². The number of hydrogen-bond acceptors (Lipinski definition) is 4. The van der Waals surface area contributed by atoms with Crippen molar-refractivity contribution in [1.82, 2.24) is 15.5 Å². The van der Waals surface area contributed by atoms with Crippen LogP contribution in [0.3, 0.4) is 0 Å². The lowest BCUT2D eigenvalue weighted by Crippen LogP contribution is -2.47. The lowest BCUT2D eigenvalue weighted by molar-refractivity contribution is -0.131. The fourth-order valence-electron chi connectivity index (χ4n) is 3.85. The van der Waals surface area contributed by atoms with E-state index in [9.17, 15) is 9.59 Å². The third-order valence-electron chi connectivity index (χ3n) is 5.41. The number of carbonyl (C=O) groups excluding carboxylic acids is 2. The second-order valence-electron chi connectivity index (χ2n) is 7.20. The molecule has 1 saturated carbocycles. The Morgan fingerprint density at radius 3 is 2.41 bits per heavy atom. The highest BCUT2D eigenvalue weighted by molar-refractivity contribution is 5.84. The van der Waals surface area contributed by atoms with Crippen LogP contribution in [0.5, 0.6) is 11.5 Å². The molecule has 27 heavy (non-hydrogen) atoms. The predicted octanol–water partition coefficient (Wildman–Crippen LogP) is 2.22. The second-order valence-corrected chi connectivity index (χ2v) is 7.20. The molecule has 1 heterocycles. The van der Waals surface area contributed by atoms with Crippen LogP contribution < -0.4 is 20.1 Å². The normalized spacial score (nSPS) is 17.0. The van der Waals surface area contributed by atoms with E-state index in [4.69, 9.17) is 9.47 Å². The van der Waals surface area contributed by atoms with E-state index in [0.717, 1.165) is 37.7 Å². The van der Waals surface area contributed by atoms with Crippen molar-refractivity contribution in [3.8, 4) is 11.5 Å². The topological polar surface area (TPSA) is 79.9 Å². The highest BCUT2D eigenvalue weighted by atomic mass is 16.5. The summed E-state index contributed by atoms with van der Waals surface area (Å²) >= 11 is 0. The summed E-state index contributed by atoms with van der Waals surface area (Å²) in [5.41, 5.74) is 2.22. The Labute approximate surface area is 160 Å². The van der Waals surface area contributed by atoms with Gasteiger partial charge in [-0.15, -0.1) is 0 Å². The highest BCUT2D eigenvalue weighted by Crippen LogP contribution is 2.33. The van der Waals surface area contributed by atoms with E-state index in [1.807, 2.05) is 12.1 Å². The van der Waals surface area contributed by atoms with E-state index < -0.39 is 0 Å². The molecule has 0 bridgehead atoms. The third kappa shape index (κ3) is 4.84. The lowest BCUT2D eigenvalue weighted by Gasteiger charge is -2.30. The van der Waals surface area contributed by atoms with Crippen LogP contribution in [-0.2, 0) is 17.8 Å². The molecule has 0 atom stereocenters. The van der Waals surface area contributed by atoms with Crippen LogP contribution in [0.1, 0.15) is 43.2 Å². The van der Waals surface area contributed by atoms with Gasteiger partial charge in [0.25, 0.3) is 0 Å². The maximum absolute atomic E-state index is 12.5. The number of urea groups is 1. The molecule has 1 aliphatic carbocycles. The molecule has 3 amide bonds. The molecule has 0 radical (unpaired) electrons. The molecule has 7 nitrogen and oxygen atoms in total. The van der Waals surface area contributed by atoms with Crippen molar-refractivity contribution in [3.05, 3.63) is 23.3 Å². The smallest absolute Gasteiger partial charge is 0.315 e. The minimum Gasteiger partial charge on any atom is -0.493 e. The molecule has 0 spiro atoms. The number of amides is 3. The number of carbonyl (C=O) groups is 2. The molecule has 2 aliphatic rings. The average molecular weight is 375 g/mol. The SMILES string of the molecule is COc1cc2c(cc1OC)CN(C(=O)CNC(=O)NC1CCCCC1)CC2. The van der Waals surface area contributed by atoms with E-state index in [2.05, 4.69) is 10.6 Å². The Balaban J connectivity index is 1.52. The fraction of sp³-hybridized carbons (Fsp3) is 0.600. The summed E-state index contributed by atoms with van der Waals surface area (Å²) in [6.45, 7) is 1.16. The molecule has 2 N–H and O–H groups in total. The highest BCUT2D eigenvalue weighted by Gasteiger charge is 2.23. The molecular weight excluding hydrogens is 346 g/mol. The maximum Gasteiger partial charge on any atom is 0.315 e. The van der Waals surface area contributed by atoms with Gasteiger partial charge in [-0.3, -0.25) is 4.79 Å². The molecule has 1 aromatic rings. The van der Waals surface area contributed by atoms with Crippen molar-refractivity contribution < 1.29 is 19.1 Å². The summed E-state index contributed by atoms with van der Waals surface area (Å²) in [6.07, 6.45) is 6.36. The number of nitrogens with one attached hydrogen (secondary N) is 2. The number of fused-ring (bicyclic) bond motifs is 1. The molecular formula is C20H29N3O4. The van der Waals surface area contributed by atoms with Gasteiger partial charge in [-0.1, -0.05) is 19.3 Å². The van der Waals surface area contributed by atoms with Gasteiger partial charge < -0.3 is 25.0 Å². The van der Waals surface area contributed by atoms with E-state index in [0.29, 0.717) is 24.6 Å². The summed E-state index contributed by atoms with van der Waals surface area (Å²) in [5, 5.41) is 5.68. The molecule has 0 saturated heterocycles. The van der Waals surface area contributed by atoms with Crippen molar-refractivity contribution in [1.29, 1.82) is 0 Å². The largest absolute Gasteiger partial charge is 0.493 e. The van der Waals surface area contributed by atoms with E-state index in [1.54, 1.807) is 19.1 Å². The summed E-state index contributed by atoms with van der Waals surface area (Å²) < 4.78 is 10.7. The van der Waals surface area contributed by atoms with Crippen LogP contribution in [0.4, 0.5) is 4.79 Å². The molecule has 1 aromatic carbocycles. The van der Waals surface area contributed by atoms with Crippen LogP contribution in [0.25, 0.3) is 0 Å². The van der Waals surface area contributed by atoms with E-state index in [1.165, 1.54) is 12.0 Å². The zero-order chi connectivity index (χ0) is 19.2. The Kier molecular flexibility index (Phi) is 6.42. The van der Waals surface area contributed by atoms with Crippen LogP contribution in [0.2, 0.25) is 0 Å². The average Bonchev–Trinajstić information content (AvgIpc) is 2.71. The standard InChI is InChI=1S/C20H29N3O4/c1-26-17-10-14-8-9-23(13-15(14)11-18(17)27-2)19(24)12-21-20(25)22-16-6-4-3-5-7-16/h10-11,16H,3-9,12-13H2,1-2H3,(H2,21,22,25). The van der Waals surface area contributed by atoms with Gasteiger partial charge in [0.2, 0.25) is 5.91 Å². The summed E-state index contributed by atoms with van der Waals surface area (Å²) in [7, 11) is 3.22. The van der Waals surface area contributed by atoms with Crippen molar-refractivity contribution in [2.45, 2.75) is 51.1 Å². The van der Waals surface area contributed by atoms with Crippen LogP contribution in [-0.4, -0.2) is 50.2 Å². The first-order chi connectivity index (χ1) is 13.1. The number of rotatable bonds is 5. The fourth-order valence-corrected chi connectivity index (χ4v) is 3.85. The van der Waals surface area contributed by atoms with Crippen LogP contribution in [0, 0.1) is 0 Å². The van der Waals surface area contributed by atoms with E-state index >= 15 is 0 Å². The van der Waals surface area contributed by atoms with Crippen molar-refractivity contribution in [3.63, 3.8) is 0 Å². The minimum absolute atomic E-state index is 0.0151. The number of benzene rings is 1. The number of ether oxygens (including phenoxy) is 2. The van der Waals surface area contributed by atoms with Gasteiger partial charge in [0, 0.05) is 19.1 Å². The summed E-state index contributed by atoms with van der Waals surface area (Å²) in [6, 6.07) is 3.89. The van der Waals surface area contributed by atoms with Gasteiger partial charge in [-0.2, -0.15) is 0 Å². The van der Waals surface area contributed by atoms with Gasteiger partial charge in [-0.05, 0) is 42.5 Å². The molecule has 0 aromatic heterocycles. The second kappa shape index (κ2) is 8.97. The minimum atomic E-state index is -0.251.